The number of hydrogen-bond donors (Lipinski definition) is 4. The number of nitrogens with one attached hydrogen (secondary N) is 3. The molecule has 4 N–H and O–H groups in total. The van der Waals surface area contributed by atoms with E-state index in [1.165, 1.54) is 0 Å². The molecule has 1 rings (SSSR count). The van der Waals surface area contributed by atoms with E-state index in [4.69, 9.17) is 5.11 Å². The van der Waals surface area contributed by atoms with E-state index in [1.807, 2.05) is 13.8 Å². The van der Waals surface area contributed by atoms with Crippen LogP contribution < -0.4 is 16.0 Å². The molecule has 1 heterocycles. The van der Waals surface area contributed by atoms with Crippen molar-refractivity contribution in [3.63, 3.8) is 0 Å². The second-order valence-corrected chi connectivity index (χ2v) is 5.27. The summed E-state index contributed by atoms with van der Waals surface area (Å²) in [5, 5.41) is 17.7. The van der Waals surface area contributed by atoms with Crippen molar-refractivity contribution < 1.29 is 14.7 Å². The number of rotatable bonds is 6. The summed E-state index contributed by atoms with van der Waals surface area (Å²) in [7, 11) is 1.60. The maximum atomic E-state index is 11.6. The van der Waals surface area contributed by atoms with Gasteiger partial charge in [-0.25, -0.2) is 0 Å². The number of aliphatic carboxylic acids is 1. The van der Waals surface area contributed by atoms with Crippen LogP contribution in [0.25, 0.3) is 0 Å². The molecule has 98 valence electrons. The molecule has 6 nitrogen and oxygen atoms in total. The van der Waals surface area contributed by atoms with Crippen LogP contribution in [-0.4, -0.2) is 49.2 Å². The third-order valence-corrected chi connectivity index (χ3v) is 3.16. The Labute approximate surface area is 101 Å². The first-order valence-electron chi connectivity index (χ1n) is 5.71. The molecule has 0 aromatic carbocycles. The zero-order chi connectivity index (χ0) is 13.1. The van der Waals surface area contributed by atoms with Crippen molar-refractivity contribution in [1.29, 1.82) is 0 Å². The summed E-state index contributed by atoms with van der Waals surface area (Å²) in [5.74, 6) is -0.875. The smallest absolute Gasteiger partial charge is 0.305 e. The number of carboxylic acid groups (broad SMARTS) is 1. The number of carboxylic acids is 1. The van der Waals surface area contributed by atoms with Crippen LogP contribution in [0, 0.1) is 5.41 Å². The summed E-state index contributed by atoms with van der Waals surface area (Å²) in [6.07, 6.45) is 0.0732. The predicted molar refractivity (Wildman–Crippen MR) is 63.7 cm³/mol. The van der Waals surface area contributed by atoms with Crippen LogP contribution in [0.4, 0.5) is 0 Å². The van der Waals surface area contributed by atoms with Crippen molar-refractivity contribution in [2.75, 3.05) is 26.7 Å². The largest absolute Gasteiger partial charge is 0.481 e. The molecule has 6 heteroatoms. The molecule has 0 aromatic rings. The second kappa shape index (κ2) is 5.01. The summed E-state index contributed by atoms with van der Waals surface area (Å²) in [4.78, 5) is 22.4. The molecule has 1 aliphatic heterocycles. The van der Waals surface area contributed by atoms with E-state index in [1.54, 1.807) is 7.05 Å². The Morgan fingerprint density at radius 3 is 2.35 bits per heavy atom. The van der Waals surface area contributed by atoms with E-state index in [2.05, 4.69) is 16.0 Å². The van der Waals surface area contributed by atoms with Crippen molar-refractivity contribution in [3.05, 3.63) is 0 Å². The van der Waals surface area contributed by atoms with Gasteiger partial charge in [0.05, 0.1) is 17.4 Å². The lowest BCUT2D eigenvalue weighted by molar-refractivity contribution is -0.139. The second-order valence-electron chi connectivity index (χ2n) is 5.27. The molecule has 0 aromatic heterocycles. The Hall–Kier alpha value is -1.14. The lowest BCUT2D eigenvalue weighted by Crippen LogP contribution is -2.69. The molecule has 1 fully saturated rings. The van der Waals surface area contributed by atoms with Gasteiger partial charge in [0, 0.05) is 26.7 Å². The molecule has 0 aliphatic carbocycles. The first kappa shape index (κ1) is 13.9. The lowest BCUT2D eigenvalue weighted by atomic mass is 9.85. The van der Waals surface area contributed by atoms with Gasteiger partial charge < -0.3 is 21.1 Å². The van der Waals surface area contributed by atoms with E-state index in [9.17, 15) is 9.59 Å². The average Bonchev–Trinajstić information content (AvgIpc) is 2.20. The summed E-state index contributed by atoms with van der Waals surface area (Å²) in [5.41, 5.74) is -0.951. The molecule has 0 spiro atoms. The van der Waals surface area contributed by atoms with Gasteiger partial charge in [-0.3, -0.25) is 9.59 Å². The zero-order valence-electron chi connectivity index (χ0n) is 10.6. The van der Waals surface area contributed by atoms with Crippen LogP contribution in [0.5, 0.6) is 0 Å². The van der Waals surface area contributed by atoms with Gasteiger partial charge in [-0.15, -0.1) is 0 Å². The van der Waals surface area contributed by atoms with Crippen LogP contribution in [0.1, 0.15) is 20.3 Å². The van der Waals surface area contributed by atoms with Gasteiger partial charge >= 0.3 is 5.97 Å². The third kappa shape index (κ3) is 3.41. The first-order chi connectivity index (χ1) is 7.81. The van der Waals surface area contributed by atoms with Crippen LogP contribution in [0.3, 0.4) is 0 Å². The van der Waals surface area contributed by atoms with Crippen LogP contribution in [0.2, 0.25) is 0 Å². The summed E-state index contributed by atoms with van der Waals surface area (Å²) >= 11 is 0. The monoisotopic (exact) mass is 243 g/mol. The molecule has 17 heavy (non-hydrogen) atoms. The molecule has 0 saturated carbocycles. The van der Waals surface area contributed by atoms with E-state index >= 15 is 0 Å². The van der Waals surface area contributed by atoms with E-state index < -0.39 is 16.9 Å². The maximum Gasteiger partial charge on any atom is 0.305 e. The Morgan fingerprint density at radius 1 is 1.41 bits per heavy atom. The fourth-order valence-electron chi connectivity index (χ4n) is 1.86. The van der Waals surface area contributed by atoms with Crippen molar-refractivity contribution in [1.82, 2.24) is 16.0 Å². The normalized spacial score (nSPS) is 18.3. The Balaban J connectivity index is 2.53. The van der Waals surface area contributed by atoms with Gasteiger partial charge in [0.15, 0.2) is 0 Å². The van der Waals surface area contributed by atoms with Gasteiger partial charge in [-0.1, -0.05) is 0 Å². The molecule has 1 saturated heterocycles. The van der Waals surface area contributed by atoms with Crippen molar-refractivity contribution in [2.24, 2.45) is 5.41 Å². The summed E-state index contributed by atoms with van der Waals surface area (Å²) in [6.45, 7) is 5.38. The molecule has 0 radical (unpaired) electrons. The van der Waals surface area contributed by atoms with Crippen molar-refractivity contribution in [2.45, 2.75) is 25.8 Å². The summed E-state index contributed by atoms with van der Waals surface area (Å²) in [6, 6.07) is 0. The molecule has 0 atom stereocenters. The van der Waals surface area contributed by atoms with Gasteiger partial charge in [0.1, 0.15) is 0 Å². The van der Waals surface area contributed by atoms with E-state index in [-0.39, 0.29) is 12.3 Å². The standard InChI is InChI=1S/C11H21N3O3/c1-10(2,9(17)12-3)5-14-11(4-8(15)16)6-13-7-11/h13-14H,4-7H2,1-3H3,(H,12,17)(H,15,16). The molecule has 1 amide bonds. The number of carbonyl (C=O) groups excluding carboxylic acids is 1. The highest BCUT2D eigenvalue weighted by molar-refractivity contribution is 5.81. The maximum absolute atomic E-state index is 11.6. The van der Waals surface area contributed by atoms with Crippen LogP contribution in [-0.2, 0) is 9.59 Å². The first-order valence-corrected chi connectivity index (χ1v) is 5.71. The highest BCUT2D eigenvalue weighted by atomic mass is 16.4. The van der Waals surface area contributed by atoms with Gasteiger partial charge in [-0.2, -0.15) is 0 Å². The molecular weight excluding hydrogens is 222 g/mol. The van der Waals surface area contributed by atoms with E-state index in [0.717, 1.165) is 0 Å². The van der Waals surface area contributed by atoms with Gasteiger partial charge in [0.25, 0.3) is 0 Å². The van der Waals surface area contributed by atoms with Crippen LogP contribution in [0.15, 0.2) is 0 Å². The molecule has 0 bridgehead atoms. The predicted octanol–water partition coefficient (Wildman–Crippen LogP) is -0.835. The molecule has 1 aliphatic rings. The van der Waals surface area contributed by atoms with E-state index in [0.29, 0.717) is 19.6 Å². The quantitative estimate of drug-likeness (QED) is 0.488. The SMILES string of the molecule is CNC(=O)C(C)(C)CNC1(CC(=O)O)CNC1. The highest BCUT2D eigenvalue weighted by Crippen LogP contribution is 2.20. The van der Waals surface area contributed by atoms with Gasteiger partial charge in [-0.05, 0) is 13.8 Å². The molecular formula is C11H21N3O3. The third-order valence-electron chi connectivity index (χ3n) is 3.16. The molecule has 0 unspecified atom stereocenters. The average molecular weight is 243 g/mol. The fourth-order valence-corrected chi connectivity index (χ4v) is 1.86. The zero-order valence-corrected chi connectivity index (χ0v) is 10.6. The minimum atomic E-state index is -0.822. The van der Waals surface area contributed by atoms with Crippen molar-refractivity contribution >= 4 is 11.9 Å². The highest BCUT2D eigenvalue weighted by Gasteiger charge is 2.40. The number of carbonyl (C=O) groups is 2. The Morgan fingerprint density at radius 2 is 2.00 bits per heavy atom. The minimum absolute atomic E-state index is 0.0530. The number of hydrogen-bond acceptors (Lipinski definition) is 4. The fraction of sp³-hybridized carbons (Fsp3) is 0.818. The van der Waals surface area contributed by atoms with Crippen molar-refractivity contribution in [3.8, 4) is 0 Å². The summed E-state index contributed by atoms with van der Waals surface area (Å²) < 4.78 is 0. The number of amides is 1. The lowest BCUT2D eigenvalue weighted by Gasteiger charge is -2.44. The topological polar surface area (TPSA) is 90.5 Å². The minimum Gasteiger partial charge on any atom is -0.481 e. The van der Waals surface area contributed by atoms with Gasteiger partial charge in [0.2, 0.25) is 5.91 Å². The Bertz CT molecular complexity index is 311. The Kier molecular flexibility index (Phi) is 4.11. The van der Waals surface area contributed by atoms with Crippen LogP contribution >= 0.6 is 0 Å².